The van der Waals surface area contributed by atoms with Crippen LogP contribution in [0.3, 0.4) is 0 Å². The third-order valence-electron chi connectivity index (χ3n) is 2.67. The summed E-state index contributed by atoms with van der Waals surface area (Å²) in [6, 6.07) is 2.11. The Morgan fingerprint density at radius 1 is 1.59 bits per heavy atom. The first-order valence-electron chi connectivity index (χ1n) is 4.89. The monoisotopic (exact) mass is 259 g/mol. The van der Waals surface area contributed by atoms with E-state index >= 15 is 0 Å². The molecule has 0 spiro atoms. The third-order valence-corrected chi connectivity index (χ3v) is 3.08. The van der Waals surface area contributed by atoms with E-state index < -0.39 is 22.3 Å². The van der Waals surface area contributed by atoms with Gasteiger partial charge in [0.2, 0.25) is 5.24 Å². The summed E-state index contributed by atoms with van der Waals surface area (Å²) in [5.74, 6) is -2.22. The van der Waals surface area contributed by atoms with Gasteiger partial charge in [0.1, 0.15) is 0 Å². The van der Waals surface area contributed by atoms with E-state index in [1.807, 2.05) is 0 Å². The van der Waals surface area contributed by atoms with Crippen molar-refractivity contribution in [2.24, 2.45) is 0 Å². The molecule has 2 nitrogen and oxygen atoms in total. The molecule has 5 heteroatoms. The van der Waals surface area contributed by atoms with Gasteiger partial charge in [-0.05, 0) is 37.1 Å². The highest BCUT2D eigenvalue weighted by atomic mass is 35.5. The molecule has 0 aliphatic heterocycles. The maximum atomic E-state index is 13.7. The molecule has 0 saturated carbocycles. The van der Waals surface area contributed by atoms with E-state index in [-0.39, 0.29) is 17.7 Å². The normalized spacial score (nSPS) is 14.1. The molecule has 0 saturated heterocycles. The highest BCUT2D eigenvalue weighted by Crippen LogP contribution is 2.37. The van der Waals surface area contributed by atoms with Crippen LogP contribution in [0.5, 0.6) is 0 Å². The number of anilines is 1. The lowest BCUT2D eigenvalue weighted by Gasteiger charge is -2.26. The van der Waals surface area contributed by atoms with E-state index in [2.05, 4.69) is 6.58 Å². The van der Waals surface area contributed by atoms with Gasteiger partial charge in [0.15, 0.2) is 11.6 Å². The van der Waals surface area contributed by atoms with Crippen LogP contribution in [0.4, 0.5) is 14.5 Å². The minimum Gasteiger partial charge on any atom is -0.398 e. The molecular weight excluding hydrogens is 248 g/mol. The van der Waals surface area contributed by atoms with Crippen molar-refractivity contribution in [3.63, 3.8) is 0 Å². The second-order valence-corrected chi connectivity index (χ2v) is 4.27. The predicted octanol–water partition coefficient (Wildman–Crippen LogP) is 3.15. The second kappa shape index (κ2) is 4.84. The van der Waals surface area contributed by atoms with Gasteiger partial charge in [0.25, 0.3) is 0 Å². The summed E-state index contributed by atoms with van der Waals surface area (Å²) in [6.07, 6.45) is 1.48. The molecule has 1 aromatic carbocycles. The molecule has 92 valence electrons. The predicted molar refractivity (Wildman–Crippen MR) is 63.8 cm³/mol. The molecule has 0 radical (unpaired) electrons. The number of hydrogen-bond acceptors (Lipinski definition) is 2. The number of carbonyl (C=O) groups is 1. The van der Waals surface area contributed by atoms with Crippen LogP contribution in [0.15, 0.2) is 24.8 Å². The fraction of sp³-hybridized carbons (Fsp3) is 0.250. The zero-order chi connectivity index (χ0) is 13.2. The highest BCUT2D eigenvalue weighted by molar-refractivity contribution is 6.65. The lowest BCUT2D eigenvalue weighted by atomic mass is 9.79. The van der Waals surface area contributed by atoms with Crippen LogP contribution in [-0.2, 0) is 10.2 Å². The molecule has 0 bridgehead atoms. The molecule has 2 N–H and O–H groups in total. The van der Waals surface area contributed by atoms with Crippen molar-refractivity contribution in [1.82, 2.24) is 0 Å². The Morgan fingerprint density at radius 3 is 2.65 bits per heavy atom. The van der Waals surface area contributed by atoms with Crippen molar-refractivity contribution in [3.8, 4) is 0 Å². The lowest BCUT2D eigenvalue weighted by Crippen LogP contribution is -2.31. The van der Waals surface area contributed by atoms with Gasteiger partial charge >= 0.3 is 0 Å². The Morgan fingerprint density at radius 2 is 2.18 bits per heavy atom. The Balaban J connectivity index is 3.53. The van der Waals surface area contributed by atoms with Gasteiger partial charge in [-0.25, -0.2) is 8.78 Å². The van der Waals surface area contributed by atoms with Gasteiger partial charge in [0, 0.05) is 11.3 Å². The Kier molecular flexibility index (Phi) is 3.88. The number of carbonyl (C=O) groups excluding carboxylic acids is 1. The maximum Gasteiger partial charge on any atom is 0.232 e. The summed E-state index contributed by atoms with van der Waals surface area (Å²) < 4.78 is 26.9. The van der Waals surface area contributed by atoms with Crippen LogP contribution in [-0.4, -0.2) is 5.24 Å². The fourth-order valence-corrected chi connectivity index (χ4v) is 1.87. The van der Waals surface area contributed by atoms with E-state index in [1.54, 1.807) is 0 Å². The van der Waals surface area contributed by atoms with Crippen molar-refractivity contribution in [3.05, 3.63) is 42.0 Å². The Hall–Kier alpha value is -1.42. The van der Waals surface area contributed by atoms with Crippen molar-refractivity contribution in [2.45, 2.75) is 18.8 Å². The molecule has 0 fully saturated rings. The summed E-state index contributed by atoms with van der Waals surface area (Å²) in [4.78, 5) is 11.4. The third kappa shape index (κ3) is 2.31. The van der Waals surface area contributed by atoms with Crippen LogP contribution in [0.25, 0.3) is 0 Å². The van der Waals surface area contributed by atoms with E-state index in [4.69, 9.17) is 17.3 Å². The molecule has 1 rings (SSSR count). The first kappa shape index (κ1) is 13.6. The van der Waals surface area contributed by atoms with Crippen molar-refractivity contribution in [1.29, 1.82) is 0 Å². The molecule has 0 amide bonds. The first-order chi connectivity index (χ1) is 7.84. The minimum absolute atomic E-state index is 0.0118. The quantitative estimate of drug-likeness (QED) is 0.513. The number of halogens is 3. The van der Waals surface area contributed by atoms with Gasteiger partial charge in [-0.3, -0.25) is 4.79 Å². The molecule has 1 unspecified atom stereocenters. The highest BCUT2D eigenvalue weighted by Gasteiger charge is 2.37. The number of allylic oxidation sites excluding steroid dienone is 1. The number of benzene rings is 1. The average molecular weight is 260 g/mol. The minimum atomic E-state index is -1.42. The molecule has 0 aliphatic carbocycles. The van der Waals surface area contributed by atoms with Crippen LogP contribution in [0, 0.1) is 11.6 Å². The molecule has 0 aliphatic rings. The van der Waals surface area contributed by atoms with Gasteiger partial charge in [-0.15, -0.1) is 6.58 Å². The topological polar surface area (TPSA) is 43.1 Å². The molecule has 0 heterocycles. The van der Waals surface area contributed by atoms with E-state index in [1.165, 1.54) is 19.1 Å². The zero-order valence-corrected chi connectivity index (χ0v) is 10.0. The van der Waals surface area contributed by atoms with E-state index in [9.17, 15) is 13.6 Å². The van der Waals surface area contributed by atoms with E-state index in [0.29, 0.717) is 0 Å². The Labute approximate surface area is 103 Å². The fourth-order valence-electron chi connectivity index (χ4n) is 1.70. The molecule has 0 aromatic heterocycles. The van der Waals surface area contributed by atoms with Crippen LogP contribution in [0.2, 0.25) is 0 Å². The zero-order valence-electron chi connectivity index (χ0n) is 9.27. The summed E-state index contributed by atoms with van der Waals surface area (Å²) in [6.45, 7) is 4.87. The summed E-state index contributed by atoms with van der Waals surface area (Å²) in [7, 11) is 0. The van der Waals surface area contributed by atoms with Crippen molar-refractivity contribution >= 4 is 22.5 Å². The number of nitrogens with two attached hydrogens (primary N) is 1. The second-order valence-electron chi connectivity index (χ2n) is 3.92. The largest absolute Gasteiger partial charge is 0.398 e. The summed E-state index contributed by atoms with van der Waals surface area (Å²) in [5.41, 5.74) is 3.94. The molecule has 17 heavy (non-hydrogen) atoms. The van der Waals surface area contributed by atoms with Crippen LogP contribution < -0.4 is 5.73 Å². The van der Waals surface area contributed by atoms with Gasteiger partial charge in [0.05, 0.1) is 5.41 Å². The van der Waals surface area contributed by atoms with Crippen molar-refractivity contribution in [2.75, 3.05) is 5.73 Å². The summed E-state index contributed by atoms with van der Waals surface area (Å²) in [5, 5.41) is -0.811. The smallest absolute Gasteiger partial charge is 0.232 e. The molecule has 1 atom stereocenters. The summed E-state index contributed by atoms with van der Waals surface area (Å²) >= 11 is 5.46. The van der Waals surface area contributed by atoms with Crippen molar-refractivity contribution < 1.29 is 13.6 Å². The molecule has 1 aromatic rings. The Bertz CT molecular complexity index is 476. The van der Waals surface area contributed by atoms with Gasteiger partial charge < -0.3 is 5.73 Å². The van der Waals surface area contributed by atoms with E-state index in [0.717, 1.165) is 6.07 Å². The maximum absolute atomic E-state index is 13.7. The SMILES string of the molecule is C=CCC(C)(C(=O)Cl)c1c(N)ccc(F)c1F. The van der Waals surface area contributed by atoms with Crippen LogP contribution >= 0.6 is 11.6 Å². The lowest BCUT2D eigenvalue weighted by molar-refractivity contribution is -0.116. The number of nitrogen functional groups attached to an aromatic ring is 1. The number of hydrogen-bond donors (Lipinski definition) is 1. The first-order valence-corrected chi connectivity index (χ1v) is 5.27. The van der Waals surface area contributed by atoms with Gasteiger partial charge in [-0.1, -0.05) is 6.08 Å². The average Bonchev–Trinajstić information content (AvgIpc) is 2.24. The molecular formula is C12H12ClF2NO. The van der Waals surface area contributed by atoms with Gasteiger partial charge in [-0.2, -0.15) is 0 Å². The number of rotatable bonds is 4. The standard InChI is InChI=1S/C12H12ClF2NO/c1-3-6-12(2,11(13)17)9-8(16)5-4-7(14)10(9)15/h3-5H,1,6,16H2,2H3. The van der Waals surface area contributed by atoms with Crippen LogP contribution in [0.1, 0.15) is 18.9 Å².